The Hall–Kier alpha value is -2.81. The number of hydrogen-bond donors (Lipinski definition) is 1. The summed E-state index contributed by atoms with van der Waals surface area (Å²) in [5, 5.41) is 7.12. The number of rotatable bonds is 4. The smallest absolute Gasteiger partial charge is 0.475 e. The quantitative estimate of drug-likeness (QED) is 0.780. The lowest BCUT2D eigenvalue weighted by atomic mass is 9.81. The van der Waals surface area contributed by atoms with Crippen LogP contribution in [0.3, 0.4) is 0 Å². The molecular formula is C22H25F3N2O4. The maximum atomic E-state index is 13.3. The summed E-state index contributed by atoms with van der Waals surface area (Å²) in [6.07, 6.45) is -2.49. The van der Waals surface area contributed by atoms with Crippen LogP contribution in [-0.2, 0) is 21.5 Å². The third kappa shape index (κ3) is 4.76. The Labute approximate surface area is 178 Å². The average Bonchev–Trinajstić information content (AvgIpc) is 3.40. The molecule has 6 nitrogen and oxygen atoms in total. The van der Waals surface area contributed by atoms with Crippen molar-refractivity contribution in [1.82, 2.24) is 4.90 Å². The van der Waals surface area contributed by atoms with E-state index in [1.54, 1.807) is 6.26 Å². The van der Waals surface area contributed by atoms with Crippen molar-refractivity contribution >= 4 is 17.6 Å². The van der Waals surface area contributed by atoms with Crippen LogP contribution in [0.5, 0.6) is 0 Å². The van der Waals surface area contributed by atoms with Crippen molar-refractivity contribution < 1.29 is 32.3 Å². The average molecular weight is 438 g/mol. The van der Waals surface area contributed by atoms with Gasteiger partial charge in [-0.2, -0.15) is 13.2 Å². The molecule has 168 valence electrons. The van der Waals surface area contributed by atoms with E-state index in [1.165, 1.54) is 5.56 Å². The summed E-state index contributed by atoms with van der Waals surface area (Å²) >= 11 is 0. The van der Waals surface area contributed by atoms with Crippen LogP contribution in [0.4, 0.5) is 18.9 Å². The van der Waals surface area contributed by atoms with Crippen LogP contribution >= 0.6 is 0 Å². The van der Waals surface area contributed by atoms with Gasteiger partial charge in [-0.05, 0) is 36.1 Å². The van der Waals surface area contributed by atoms with Crippen LogP contribution in [0.25, 0.3) is 0 Å². The summed E-state index contributed by atoms with van der Waals surface area (Å²) in [5.74, 6) is -1.06. The van der Waals surface area contributed by atoms with Crippen molar-refractivity contribution in [2.24, 2.45) is 5.92 Å². The highest BCUT2D eigenvalue weighted by atomic mass is 19.4. The third-order valence-corrected chi connectivity index (χ3v) is 5.46. The number of amides is 1. The number of aliphatic carboxylic acids is 1. The Morgan fingerprint density at radius 1 is 1.23 bits per heavy atom. The zero-order chi connectivity index (χ0) is 22.8. The van der Waals surface area contributed by atoms with Gasteiger partial charge in [0.15, 0.2) is 0 Å². The predicted molar refractivity (Wildman–Crippen MR) is 108 cm³/mol. The lowest BCUT2D eigenvalue weighted by Gasteiger charge is -2.25. The first kappa shape index (κ1) is 22.9. The molecule has 1 aromatic heterocycles. The summed E-state index contributed by atoms with van der Waals surface area (Å²) < 4.78 is 37.2. The van der Waals surface area contributed by atoms with Crippen LogP contribution in [0, 0.1) is 5.92 Å². The van der Waals surface area contributed by atoms with Crippen LogP contribution in [0.2, 0.25) is 0 Å². The van der Waals surface area contributed by atoms with E-state index >= 15 is 0 Å². The predicted octanol–water partition coefficient (Wildman–Crippen LogP) is 4.06. The van der Waals surface area contributed by atoms with E-state index in [-0.39, 0.29) is 11.3 Å². The molecule has 0 aliphatic carbocycles. The van der Waals surface area contributed by atoms with Gasteiger partial charge in [0.25, 0.3) is 0 Å². The number of halogens is 3. The number of carboxylic acids is 1. The molecule has 1 fully saturated rings. The fraction of sp³-hybridized carbons (Fsp3) is 0.455. The number of furan rings is 1. The Morgan fingerprint density at radius 3 is 2.48 bits per heavy atom. The summed E-state index contributed by atoms with van der Waals surface area (Å²) in [6.45, 7) is 7.59. The minimum Gasteiger partial charge on any atom is -0.475 e. The fourth-order valence-electron chi connectivity index (χ4n) is 4.18. The van der Waals surface area contributed by atoms with E-state index in [4.69, 9.17) is 14.3 Å². The van der Waals surface area contributed by atoms with Gasteiger partial charge < -0.3 is 14.4 Å². The van der Waals surface area contributed by atoms with E-state index in [1.807, 2.05) is 23.1 Å². The molecule has 1 unspecified atom stereocenters. The number of benzene rings is 1. The first-order valence-corrected chi connectivity index (χ1v) is 10.0. The number of carbonyl (C=O) groups is 2. The van der Waals surface area contributed by atoms with Crippen molar-refractivity contribution in [2.45, 2.75) is 38.4 Å². The maximum Gasteiger partial charge on any atom is 0.490 e. The number of anilines is 1. The number of nitrogens with zero attached hydrogens (tertiary/aromatic N) is 2. The zero-order valence-electron chi connectivity index (χ0n) is 17.4. The summed E-state index contributed by atoms with van der Waals surface area (Å²) in [5.41, 5.74) is 1.94. The molecule has 31 heavy (non-hydrogen) atoms. The highest BCUT2D eigenvalue weighted by Crippen LogP contribution is 2.47. The number of carboxylic acid groups (broad SMARTS) is 1. The van der Waals surface area contributed by atoms with Crippen molar-refractivity contribution in [2.75, 3.05) is 24.5 Å². The van der Waals surface area contributed by atoms with Crippen molar-refractivity contribution in [3.05, 3.63) is 54.0 Å². The molecule has 1 N–H and O–H groups in total. The van der Waals surface area contributed by atoms with Crippen molar-refractivity contribution in [3.63, 3.8) is 0 Å². The van der Waals surface area contributed by atoms with Crippen LogP contribution in [-0.4, -0.2) is 47.7 Å². The van der Waals surface area contributed by atoms with Gasteiger partial charge >= 0.3 is 12.1 Å². The van der Waals surface area contributed by atoms with E-state index in [0.717, 1.165) is 44.0 Å². The van der Waals surface area contributed by atoms with E-state index in [2.05, 4.69) is 36.9 Å². The molecule has 2 aromatic rings. The Morgan fingerprint density at radius 2 is 1.90 bits per heavy atom. The normalized spacial score (nSPS) is 20.8. The van der Waals surface area contributed by atoms with Gasteiger partial charge in [-0.15, -0.1) is 0 Å². The minimum atomic E-state index is -5.08. The van der Waals surface area contributed by atoms with E-state index in [9.17, 15) is 18.0 Å². The molecule has 0 saturated carbocycles. The molecule has 1 amide bonds. The Bertz CT molecular complexity index is 927. The Balaban J connectivity index is 0.000000339. The number of alkyl halides is 3. The standard InChI is InChI=1S/C20H24N2O2.C2HF3O2/c1-15(2)12-22-18-8-4-3-7-17(18)20(19(22)23)9-10-21(14-20)13-16-6-5-11-24-16;3-2(4,5)1(6)7/h3-8,11,15H,9-10,12-14H2,1-2H3;(H,6,7). The van der Waals surface area contributed by atoms with Crippen LogP contribution in [0.15, 0.2) is 47.1 Å². The molecule has 4 rings (SSSR count). The van der Waals surface area contributed by atoms with E-state index in [0.29, 0.717) is 5.92 Å². The summed E-state index contributed by atoms with van der Waals surface area (Å²) in [7, 11) is 0. The molecule has 0 bridgehead atoms. The molecule has 1 aromatic carbocycles. The second-order valence-electron chi connectivity index (χ2n) is 8.25. The SMILES string of the molecule is CC(C)CN1C(=O)C2(CCN(Cc3ccco3)C2)c2ccccc21.O=C(O)C(F)(F)F. The largest absolute Gasteiger partial charge is 0.490 e. The number of fused-ring (bicyclic) bond motifs is 2. The second-order valence-corrected chi connectivity index (χ2v) is 8.25. The molecule has 9 heteroatoms. The second kappa shape index (κ2) is 8.74. The van der Waals surface area contributed by atoms with Gasteiger partial charge in [-0.3, -0.25) is 9.69 Å². The molecule has 2 aliphatic rings. The molecule has 1 spiro atoms. The third-order valence-electron chi connectivity index (χ3n) is 5.46. The van der Waals surface area contributed by atoms with Gasteiger partial charge in [-0.25, -0.2) is 4.79 Å². The first-order chi connectivity index (χ1) is 14.5. The van der Waals surface area contributed by atoms with Crippen LogP contribution < -0.4 is 4.90 Å². The van der Waals surface area contributed by atoms with Gasteiger partial charge in [0.1, 0.15) is 5.76 Å². The number of para-hydroxylation sites is 1. The van der Waals surface area contributed by atoms with Crippen molar-refractivity contribution in [3.8, 4) is 0 Å². The lowest BCUT2D eigenvalue weighted by molar-refractivity contribution is -0.192. The topological polar surface area (TPSA) is 74.0 Å². The number of carbonyl (C=O) groups excluding carboxylic acids is 1. The highest BCUT2D eigenvalue weighted by Gasteiger charge is 2.54. The zero-order valence-corrected chi connectivity index (χ0v) is 17.4. The maximum absolute atomic E-state index is 13.3. The first-order valence-electron chi connectivity index (χ1n) is 10.0. The van der Waals surface area contributed by atoms with Gasteiger partial charge in [-0.1, -0.05) is 32.0 Å². The Kier molecular flexibility index (Phi) is 6.45. The summed E-state index contributed by atoms with van der Waals surface area (Å²) in [6, 6.07) is 12.3. The monoisotopic (exact) mass is 438 g/mol. The molecule has 0 radical (unpaired) electrons. The van der Waals surface area contributed by atoms with E-state index < -0.39 is 12.1 Å². The fourth-order valence-corrected chi connectivity index (χ4v) is 4.18. The molecule has 2 aliphatic heterocycles. The summed E-state index contributed by atoms with van der Waals surface area (Å²) in [4.78, 5) is 26.6. The number of likely N-dealkylation sites (tertiary alicyclic amines) is 1. The van der Waals surface area contributed by atoms with Gasteiger partial charge in [0, 0.05) is 25.3 Å². The van der Waals surface area contributed by atoms with Crippen molar-refractivity contribution in [1.29, 1.82) is 0 Å². The van der Waals surface area contributed by atoms with Crippen LogP contribution in [0.1, 0.15) is 31.6 Å². The van der Waals surface area contributed by atoms with Gasteiger partial charge in [0.2, 0.25) is 5.91 Å². The number of hydrogen-bond acceptors (Lipinski definition) is 4. The lowest BCUT2D eigenvalue weighted by Crippen LogP contribution is -2.43. The molecule has 1 atom stereocenters. The molecule has 1 saturated heterocycles. The highest BCUT2D eigenvalue weighted by molar-refractivity contribution is 6.08. The van der Waals surface area contributed by atoms with Gasteiger partial charge in [0.05, 0.1) is 18.2 Å². The minimum absolute atomic E-state index is 0.277. The molecular weight excluding hydrogens is 413 g/mol. The molecule has 3 heterocycles.